The predicted molar refractivity (Wildman–Crippen MR) is 191 cm³/mol. The van der Waals surface area contributed by atoms with Crippen molar-refractivity contribution in [3.05, 3.63) is 96.0 Å². The van der Waals surface area contributed by atoms with Gasteiger partial charge in [0.05, 0.1) is 29.7 Å². The Labute approximate surface area is 305 Å². The van der Waals surface area contributed by atoms with Crippen molar-refractivity contribution < 1.29 is 42.3 Å². The van der Waals surface area contributed by atoms with Crippen LogP contribution in [0.2, 0.25) is 0 Å². The number of hydrogen-bond acceptors (Lipinski definition) is 11. The van der Waals surface area contributed by atoms with Crippen molar-refractivity contribution >= 4 is 34.8 Å². The van der Waals surface area contributed by atoms with E-state index in [0.717, 1.165) is 30.7 Å². The van der Waals surface area contributed by atoms with Crippen molar-refractivity contribution in [3.8, 4) is 5.75 Å². The molecule has 3 amide bonds. The predicted octanol–water partition coefficient (Wildman–Crippen LogP) is 4.73. The lowest BCUT2D eigenvalue weighted by molar-refractivity contribution is -0.156. The molecule has 0 bridgehead atoms. The monoisotopic (exact) mass is 730 g/mol. The minimum Gasteiger partial charge on any atom is -0.491 e. The van der Waals surface area contributed by atoms with Crippen LogP contribution in [-0.4, -0.2) is 76.4 Å². The average Bonchev–Trinajstić information content (AvgIpc) is 3.86. The Bertz CT molecular complexity index is 1920. The van der Waals surface area contributed by atoms with Crippen LogP contribution < -0.4 is 20.7 Å². The average molecular weight is 731 g/mol. The number of ether oxygens (including phenoxy) is 3. The molecule has 280 valence electrons. The second kappa shape index (κ2) is 17.6. The fraction of sp³-hybridized carbons (Fsp3) is 0.395. The molecular weight excluding hydrogens is 687 g/mol. The van der Waals surface area contributed by atoms with Crippen LogP contribution in [0.4, 0.5) is 9.18 Å². The van der Waals surface area contributed by atoms with Crippen molar-refractivity contribution in [3.63, 3.8) is 0 Å². The fourth-order valence-electron chi connectivity index (χ4n) is 5.37. The smallest absolute Gasteiger partial charge is 0.407 e. The van der Waals surface area contributed by atoms with Crippen molar-refractivity contribution in [2.24, 2.45) is 0 Å². The number of nitrogens with zero attached hydrogens (tertiary/aromatic N) is 3. The number of aromatic nitrogens is 3. The number of carbonyl (C=O) groups is 4. The highest BCUT2D eigenvalue weighted by Crippen LogP contribution is 2.38. The van der Waals surface area contributed by atoms with Crippen LogP contribution in [0, 0.1) is 5.82 Å². The molecule has 15 heteroatoms. The molecule has 53 heavy (non-hydrogen) atoms. The van der Waals surface area contributed by atoms with Gasteiger partial charge in [0, 0.05) is 24.3 Å². The number of halogens is 1. The molecule has 2 aromatic carbocycles. The Hall–Kier alpha value is -5.86. The number of rotatable bonds is 17. The summed E-state index contributed by atoms with van der Waals surface area (Å²) >= 11 is 0. The summed E-state index contributed by atoms with van der Waals surface area (Å²) in [7, 11) is 0. The molecule has 3 N–H and O–H groups in total. The molecule has 0 radical (unpaired) electrons. The van der Waals surface area contributed by atoms with Crippen LogP contribution in [0.3, 0.4) is 0 Å². The number of carbonyl (C=O) groups excluding carboxylic acids is 4. The number of amides is 3. The first-order valence-corrected chi connectivity index (χ1v) is 17.3. The highest BCUT2D eigenvalue weighted by Gasteiger charge is 2.31. The molecule has 2 heterocycles. The van der Waals surface area contributed by atoms with Crippen molar-refractivity contribution in [2.75, 3.05) is 19.8 Å². The summed E-state index contributed by atoms with van der Waals surface area (Å²) in [5, 5.41) is 12.2. The molecule has 4 aromatic rings. The highest BCUT2D eigenvalue weighted by atomic mass is 19.1. The summed E-state index contributed by atoms with van der Waals surface area (Å²) in [6.45, 7) is 8.53. The van der Waals surface area contributed by atoms with Crippen LogP contribution in [0.1, 0.15) is 73.6 Å². The zero-order chi connectivity index (χ0) is 38.0. The molecular formula is C38H43FN6O8. The molecule has 1 aliphatic rings. The van der Waals surface area contributed by atoms with Gasteiger partial charge in [-0.05, 0) is 63.8 Å². The van der Waals surface area contributed by atoms with Gasteiger partial charge in [0.15, 0.2) is 5.82 Å². The first-order valence-electron chi connectivity index (χ1n) is 17.3. The molecule has 1 fully saturated rings. The third kappa shape index (κ3) is 11.6. The second-order valence-electron chi connectivity index (χ2n) is 13.6. The van der Waals surface area contributed by atoms with E-state index >= 15 is 0 Å². The Morgan fingerprint density at radius 1 is 1.09 bits per heavy atom. The van der Waals surface area contributed by atoms with E-state index in [1.807, 2.05) is 30.3 Å². The van der Waals surface area contributed by atoms with Crippen molar-refractivity contribution in [1.82, 2.24) is 31.1 Å². The maximum Gasteiger partial charge on any atom is 0.407 e. The summed E-state index contributed by atoms with van der Waals surface area (Å²) in [6.07, 6.45) is 3.82. The first-order chi connectivity index (χ1) is 25.4. The van der Waals surface area contributed by atoms with Gasteiger partial charge in [-0.1, -0.05) is 48.1 Å². The molecule has 2 atom stereocenters. The maximum absolute atomic E-state index is 14.6. The molecule has 0 unspecified atom stereocenters. The van der Waals surface area contributed by atoms with E-state index in [1.165, 1.54) is 12.1 Å². The van der Waals surface area contributed by atoms with Gasteiger partial charge in [-0.2, -0.15) is 4.98 Å². The van der Waals surface area contributed by atoms with E-state index in [1.54, 1.807) is 26.8 Å². The molecule has 5 rings (SSSR count). The van der Waals surface area contributed by atoms with E-state index in [9.17, 15) is 23.6 Å². The third-order valence-corrected chi connectivity index (χ3v) is 7.92. The third-order valence-electron chi connectivity index (χ3n) is 7.92. The van der Waals surface area contributed by atoms with Crippen molar-refractivity contribution in [2.45, 2.75) is 76.5 Å². The summed E-state index contributed by atoms with van der Waals surface area (Å²) in [4.78, 5) is 61.6. The van der Waals surface area contributed by atoms with Gasteiger partial charge in [0.2, 0.25) is 11.8 Å². The zero-order valence-electron chi connectivity index (χ0n) is 29.9. The quantitative estimate of drug-likeness (QED) is 0.101. The molecule has 14 nitrogen and oxygen atoms in total. The van der Waals surface area contributed by atoms with E-state index in [2.05, 4.69) is 37.7 Å². The number of benzene rings is 2. The van der Waals surface area contributed by atoms with Crippen LogP contribution in [0.5, 0.6) is 5.75 Å². The molecule has 0 saturated heterocycles. The lowest BCUT2D eigenvalue weighted by Crippen LogP contribution is -2.49. The van der Waals surface area contributed by atoms with E-state index < -0.39 is 53.8 Å². The molecule has 0 spiro atoms. The molecule has 0 aliphatic heterocycles. The number of hydrogen-bond donors (Lipinski definition) is 3. The lowest BCUT2D eigenvalue weighted by Gasteiger charge is -2.24. The van der Waals surface area contributed by atoms with Gasteiger partial charge < -0.3 is 34.7 Å². The Kier molecular flexibility index (Phi) is 12.7. The fourth-order valence-corrected chi connectivity index (χ4v) is 5.37. The van der Waals surface area contributed by atoms with Gasteiger partial charge in [-0.25, -0.2) is 9.18 Å². The van der Waals surface area contributed by atoms with Crippen LogP contribution in [-0.2, 0) is 31.9 Å². The van der Waals surface area contributed by atoms with E-state index in [4.69, 9.17) is 18.7 Å². The Morgan fingerprint density at radius 2 is 1.87 bits per heavy atom. The zero-order valence-corrected chi connectivity index (χ0v) is 29.9. The second-order valence-corrected chi connectivity index (χ2v) is 13.6. The summed E-state index contributed by atoms with van der Waals surface area (Å²) < 4.78 is 36.6. The SMILES string of the molecule is C=CCOC(=O)N[C@@H](COc1ccc2ncc(F)cc2c1C(=O)N[C@@H](CC(=O)OC(C)(C)C)C(=O)NCCc1nc(C2CC2)no1)Cc1ccccc1. The number of nitrogens with one attached hydrogen (secondary N) is 3. The maximum atomic E-state index is 14.6. The largest absolute Gasteiger partial charge is 0.491 e. The number of esters is 1. The van der Waals surface area contributed by atoms with Gasteiger partial charge >= 0.3 is 12.1 Å². The van der Waals surface area contributed by atoms with Gasteiger partial charge in [0.1, 0.15) is 36.4 Å². The molecule has 2 aromatic heterocycles. The van der Waals surface area contributed by atoms with Gasteiger partial charge in [-0.3, -0.25) is 19.4 Å². The summed E-state index contributed by atoms with van der Waals surface area (Å²) in [5.41, 5.74) is 0.171. The first kappa shape index (κ1) is 38.4. The van der Waals surface area contributed by atoms with E-state index in [0.29, 0.717) is 24.1 Å². The highest BCUT2D eigenvalue weighted by molar-refractivity contribution is 6.10. The minimum absolute atomic E-state index is 0.00532. The Balaban J connectivity index is 1.38. The van der Waals surface area contributed by atoms with E-state index in [-0.39, 0.29) is 48.4 Å². The number of pyridine rings is 1. The lowest BCUT2D eigenvalue weighted by atomic mass is 10.0. The number of alkyl carbamates (subject to hydrolysis) is 1. The molecule has 1 aliphatic carbocycles. The van der Waals surface area contributed by atoms with Crippen LogP contribution in [0.15, 0.2) is 71.9 Å². The van der Waals surface area contributed by atoms with Crippen LogP contribution >= 0.6 is 0 Å². The summed E-state index contributed by atoms with van der Waals surface area (Å²) in [5.74, 6) is -1.67. The Morgan fingerprint density at radius 3 is 2.58 bits per heavy atom. The minimum atomic E-state index is -1.40. The van der Waals surface area contributed by atoms with Crippen LogP contribution in [0.25, 0.3) is 10.9 Å². The topological polar surface area (TPSA) is 184 Å². The van der Waals surface area contributed by atoms with Gasteiger partial charge in [0.25, 0.3) is 5.91 Å². The normalized spacial score (nSPS) is 13.7. The number of fused-ring (bicyclic) bond motifs is 1. The summed E-state index contributed by atoms with van der Waals surface area (Å²) in [6, 6.07) is 11.5. The standard InChI is InChI=1S/C38H43FN6O8/c1-5-17-50-37(49)42-26(18-23-9-7-6-8-10-23)22-51-30-14-13-28-27(19-25(39)21-41-28)33(30)36(48)43-29(20-32(46)52-38(2,3)4)35(47)40-16-15-31-44-34(45-53-31)24-11-12-24/h5-10,13-14,19,21,24,26,29H,1,11-12,15-18,20,22H2,2-4H3,(H,40,47)(H,42,49)(H,43,48)/t26-,29+/m1/s1. The molecule has 1 saturated carbocycles. The van der Waals surface area contributed by atoms with Gasteiger partial charge in [-0.15, -0.1) is 0 Å². The van der Waals surface area contributed by atoms with Crippen molar-refractivity contribution in [1.29, 1.82) is 0 Å².